The van der Waals surface area contributed by atoms with Crippen LogP contribution in [0.5, 0.6) is 0 Å². The topological polar surface area (TPSA) is 12.0 Å². The number of halogens is 2. The molecule has 3 heteroatoms. The summed E-state index contributed by atoms with van der Waals surface area (Å²) in [6.45, 7) is 1.05. The zero-order valence-electron chi connectivity index (χ0n) is 6.98. The van der Waals surface area contributed by atoms with Crippen LogP contribution in [0.15, 0.2) is 12.1 Å². The van der Waals surface area contributed by atoms with Crippen LogP contribution in [0.25, 0.3) is 0 Å². The SMILES string of the molecule is Clc1ccc(Cl)c2c1NCC1CC21. The molecule has 1 N–H and O–H groups in total. The molecule has 1 nitrogen and oxygen atoms in total. The van der Waals surface area contributed by atoms with Crippen LogP contribution in [0.1, 0.15) is 17.9 Å². The van der Waals surface area contributed by atoms with Gasteiger partial charge in [0.05, 0.1) is 10.7 Å². The Hall–Kier alpha value is -0.400. The second-order valence-electron chi connectivity index (χ2n) is 3.80. The number of benzene rings is 1. The molecule has 1 aliphatic heterocycles. The lowest BCUT2D eigenvalue weighted by molar-refractivity contribution is 0.817. The first kappa shape index (κ1) is 7.95. The van der Waals surface area contributed by atoms with Gasteiger partial charge in [-0.25, -0.2) is 0 Å². The molecular weight excluding hydrogens is 205 g/mol. The van der Waals surface area contributed by atoms with Crippen molar-refractivity contribution in [2.45, 2.75) is 12.3 Å². The van der Waals surface area contributed by atoms with Gasteiger partial charge in [-0.2, -0.15) is 0 Å². The molecule has 13 heavy (non-hydrogen) atoms. The van der Waals surface area contributed by atoms with Crippen molar-refractivity contribution in [3.05, 3.63) is 27.7 Å². The van der Waals surface area contributed by atoms with E-state index in [1.54, 1.807) is 0 Å². The highest BCUT2D eigenvalue weighted by atomic mass is 35.5. The third-order valence-corrected chi connectivity index (χ3v) is 3.62. The van der Waals surface area contributed by atoms with Crippen molar-refractivity contribution in [1.82, 2.24) is 0 Å². The van der Waals surface area contributed by atoms with Crippen LogP contribution in [0.2, 0.25) is 10.0 Å². The Morgan fingerprint density at radius 2 is 2.00 bits per heavy atom. The largest absolute Gasteiger partial charge is 0.383 e. The molecule has 0 amide bonds. The van der Waals surface area contributed by atoms with Crippen LogP contribution >= 0.6 is 23.2 Å². The molecular formula is C10H9Cl2N. The van der Waals surface area contributed by atoms with Gasteiger partial charge in [-0.05, 0) is 36.0 Å². The van der Waals surface area contributed by atoms with E-state index in [1.165, 1.54) is 12.0 Å². The zero-order chi connectivity index (χ0) is 9.00. The molecule has 2 aliphatic rings. The normalized spacial score (nSPS) is 28.8. The number of hydrogen-bond acceptors (Lipinski definition) is 1. The van der Waals surface area contributed by atoms with Gasteiger partial charge in [0.25, 0.3) is 0 Å². The van der Waals surface area contributed by atoms with Gasteiger partial charge >= 0.3 is 0 Å². The minimum Gasteiger partial charge on any atom is -0.383 e. The Morgan fingerprint density at radius 1 is 1.23 bits per heavy atom. The molecule has 3 rings (SSSR count). The van der Waals surface area contributed by atoms with E-state index in [1.807, 2.05) is 12.1 Å². The summed E-state index contributed by atoms with van der Waals surface area (Å²) in [5, 5.41) is 5.00. The molecule has 0 saturated heterocycles. The van der Waals surface area contributed by atoms with Gasteiger partial charge in [0, 0.05) is 11.6 Å². The van der Waals surface area contributed by atoms with Crippen molar-refractivity contribution in [1.29, 1.82) is 0 Å². The Morgan fingerprint density at radius 3 is 2.85 bits per heavy atom. The minimum absolute atomic E-state index is 0.669. The first-order valence-electron chi connectivity index (χ1n) is 4.49. The lowest BCUT2D eigenvalue weighted by Crippen LogP contribution is -2.12. The summed E-state index contributed by atoms with van der Waals surface area (Å²) in [5.74, 6) is 1.46. The van der Waals surface area contributed by atoms with Crippen LogP contribution in [-0.4, -0.2) is 6.54 Å². The van der Waals surface area contributed by atoms with E-state index in [0.717, 1.165) is 28.2 Å². The minimum atomic E-state index is 0.669. The van der Waals surface area contributed by atoms with Gasteiger partial charge in [-0.15, -0.1) is 0 Å². The van der Waals surface area contributed by atoms with E-state index in [4.69, 9.17) is 23.2 Å². The van der Waals surface area contributed by atoms with Crippen LogP contribution in [-0.2, 0) is 0 Å². The van der Waals surface area contributed by atoms with Crippen molar-refractivity contribution in [3.63, 3.8) is 0 Å². The standard InChI is InChI=1S/C10H9Cl2N/c11-7-1-2-8(12)10-9(7)6-3-5(6)4-13-10/h1-2,5-6,13H,3-4H2. The molecule has 1 fully saturated rings. The summed E-state index contributed by atoms with van der Waals surface area (Å²) in [6, 6.07) is 3.75. The molecule has 1 saturated carbocycles. The maximum Gasteiger partial charge on any atom is 0.0641 e. The van der Waals surface area contributed by atoms with Crippen LogP contribution < -0.4 is 5.32 Å². The van der Waals surface area contributed by atoms with Crippen molar-refractivity contribution >= 4 is 28.9 Å². The van der Waals surface area contributed by atoms with Gasteiger partial charge in [-0.1, -0.05) is 23.2 Å². The molecule has 1 aromatic rings. The quantitative estimate of drug-likeness (QED) is 0.696. The summed E-state index contributed by atoms with van der Waals surface area (Å²) in [6.07, 6.45) is 1.26. The van der Waals surface area contributed by atoms with Crippen LogP contribution in [0.4, 0.5) is 5.69 Å². The molecule has 0 aromatic heterocycles. The second-order valence-corrected chi connectivity index (χ2v) is 4.62. The van der Waals surface area contributed by atoms with Crippen LogP contribution in [0.3, 0.4) is 0 Å². The van der Waals surface area contributed by atoms with Gasteiger partial charge in [0.1, 0.15) is 0 Å². The summed E-state index contributed by atoms with van der Waals surface area (Å²) < 4.78 is 0. The van der Waals surface area contributed by atoms with Crippen molar-refractivity contribution in [2.75, 3.05) is 11.9 Å². The van der Waals surface area contributed by atoms with E-state index in [0.29, 0.717) is 5.92 Å². The zero-order valence-corrected chi connectivity index (χ0v) is 8.49. The Kier molecular flexibility index (Phi) is 1.56. The third kappa shape index (κ3) is 1.07. The highest BCUT2D eigenvalue weighted by Crippen LogP contribution is 2.56. The molecule has 2 atom stereocenters. The van der Waals surface area contributed by atoms with E-state index < -0.39 is 0 Å². The van der Waals surface area contributed by atoms with E-state index in [-0.39, 0.29) is 0 Å². The third-order valence-electron chi connectivity index (χ3n) is 2.98. The summed E-state index contributed by atoms with van der Waals surface area (Å²) >= 11 is 12.2. The average Bonchev–Trinajstić information content (AvgIpc) is 2.89. The molecule has 68 valence electrons. The molecule has 1 aliphatic carbocycles. The number of nitrogens with one attached hydrogen (secondary N) is 1. The number of fused-ring (bicyclic) bond motifs is 3. The Bertz CT molecular complexity index is 375. The molecule has 1 heterocycles. The van der Waals surface area contributed by atoms with E-state index >= 15 is 0 Å². The lowest BCUT2D eigenvalue weighted by atomic mass is 10.0. The van der Waals surface area contributed by atoms with Gasteiger partial charge in [0.15, 0.2) is 0 Å². The highest BCUT2D eigenvalue weighted by Gasteiger charge is 2.44. The lowest BCUT2D eigenvalue weighted by Gasteiger charge is -2.19. The average molecular weight is 214 g/mol. The van der Waals surface area contributed by atoms with Crippen LogP contribution in [0, 0.1) is 5.92 Å². The fourth-order valence-corrected chi connectivity index (χ4v) is 2.70. The van der Waals surface area contributed by atoms with Gasteiger partial charge in [0.2, 0.25) is 0 Å². The number of anilines is 1. The maximum atomic E-state index is 6.14. The highest BCUT2D eigenvalue weighted by molar-refractivity contribution is 6.36. The number of rotatable bonds is 0. The molecule has 0 spiro atoms. The molecule has 0 radical (unpaired) electrons. The first-order valence-corrected chi connectivity index (χ1v) is 5.24. The Labute approximate surface area is 87.0 Å². The first-order chi connectivity index (χ1) is 6.27. The summed E-state index contributed by atoms with van der Waals surface area (Å²) in [7, 11) is 0. The molecule has 2 unspecified atom stereocenters. The van der Waals surface area contributed by atoms with Crippen molar-refractivity contribution < 1.29 is 0 Å². The summed E-state index contributed by atoms with van der Waals surface area (Å²) in [4.78, 5) is 0. The van der Waals surface area contributed by atoms with Gasteiger partial charge < -0.3 is 5.32 Å². The predicted molar refractivity (Wildman–Crippen MR) is 55.8 cm³/mol. The maximum absolute atomic E-state index is 6.14. The van der Waals surface area contributed by atoms with Crippen molar-refractivity contribution in [3.8, 4) is 0 Å². The fraction of sp³-hybridized carbons (Fsp3) is 0.400. The second kappa shape index (κ2) is 2.55. The Balaban J connectivity index is 2.22. The number of hydrogen-bond donors (Lipinski definition) is 1. The van der Waals surface area contributed by atoms with E-state index in [9.17, 15) is 0 Å². The molecule has 1 aromatic carbocycles. The fourth-order valence-electron chi connectivity index (χ4n) is 2.17. The predicted octanol–water partition coefficient (Wildman–Crippen LogP) is 3.52. The van der Waals surface area contributed by atoms with Crippen molar-refractivity contribution in [2.24, 2.45) is 5.92 Å². The monoisotopic (exact) mass is 213 g/mol. The van der Waals surface area contributed by atoms with Gasteiger partial charge in [-0.3, -0.25) is 0 Å². The molecule has 0 bridgehead atoms. The van der Waals surface area contributed by atoms with E-state index in [2.05, 4.69) is 5.32 Å². The summed E-state index contributed by atoms with van der Waals surface area (Å²) in [5.41, 5.74) is 2.30. The smallest absolute Gasteiger partial charge is 0.0641 e.